The van der Waals surface area contributed by atoms with Crippen LogP contribution in [0.25, 0.3) is 0 Å². The SMILES string of the molecule is O=C(NCCNC1CC1)C1CCOC1. The van der Waals surface area contributed by atoms with Gasteiger partial charge in [-0.25, -0.2) is 0 Å². The van der Waals surface area contributed by atoms with Gasteiger partial charge in [-0.1, -0.05) is 0 Å². The zero-order chi connectivity index (χ0) is 9.80. The molecular weight excluding hydrogens is 180 g/mol. The predicted molar refractivity (Wildman–Crippen MR) is 53.0 cm³/mol. The molecule has 0 aromatic heterocycles. The van der Waals surface area contributed by atoms with E-state index in [0.717, 1.165) is 32.2 Å². The fourth-order valence-corrected chi connectivity index (χ4v) is 1.64. The van der Waals surface area contributed by atoms with Crippen molar-refractivity contribution < 1.29 is 9.53 Å². The summed E-state index contributed by atoms with van der Waals surface area (Å²) in [6, 6.07) is 0.724. The molecule has 2 rings (SSSR count). The second-order valence-corrected chi connectivity index (χ2v) is 4.08. The quantitative estimate of drug-likeness (QED) is 0.606. The van der Waals surface area contributed by atoms with Crippen molar-refractivity contribution in [3.8, 4) is 0 Å². The van der Waals surface area contributed by atoms with Crippen LogP contribution in [0.4, 0.5) is 0 Å². The molecule has 1 aliphatic carbocycles. The fourth-order valence-electron chi connectivity index (χ4n) is 1.64. The summed E-state index contributed by atoms with van der Waals surface area (Å²) in [6.45, 7) is 2.97. The maximum atomic E-state index is 11.5. The van der Waals surface area contributed by atoms with E-state index in [-0.39, 0.29) is 11.8 Å². The van der Waals surface area contributed by atoms with Crippen LogP contribution in [-0.4, -0.2) is 38.3 Å². The van der Waals surface area contributed by atoms with Gasteiger partial charge in [-0.05, 0) is 19.3 Å². The first-order valence-corrected chi connectivity index (χ1v) is 5.45. The number of carbonyl (C=O) groups excluding carboxylic acids is 1. The second-order valence-electron chi connectivity index (χ2n) is 4.08. The van der Waals surface area contributed by atoms with Crippen LogP contribution in [0.5, 0.6) is 0 Å². The largest absolute Gasteiger partial charge is 0.381 e. The minimum absolute atomic E-state index is 0.0934. The monoisotopic (exact) mass is 198 g/mol. The van der Waals surface area contributed by atoms with Gasteiger partial charge in [-0.3, -0.25) is 4.79 Å². The molecule has 4 heteroatoms. The topological polar surface area (TPSA) is 50.4 Å². The zero-order valence-electron chi connectivity index (χ0n) is 8.42. The van der Waals surface area contributed by atoms with E-state index >= 15 is 0 Å². The van der Waals surface area contributed by atoms with Crippen LogP contribution in [0.2, 0.25) is 0 Å². The van der Waals surface area contributed by atoms with Crippen molar-refractivity contribution in [3.63, 3.8) is 0 Å². The first kappa shape index (κ1) is 9.93. The number of ether oxygens (including phenoxy) is 1. The van der Waals surface area contributed by atoms with Crippen molar-refractivity contribution in [2.45, 2.75) is 25.3 Å². The van der Waals surface area contributed by atoms with Gasteiger partial charge in [0.1, 0.15) is 0 Å². The van der Waals surface area contributed by atoms with Crippen LogP contribution in [0.3, 0.4) is 0 Å². The Morgan fingerprint density at radius 1 is 1.29 bits per heavy atom. The van der Waals surface area contributed by atoms with Crippen molar-refractivity contribution in [2.75, 3.05) is 26.3 Å². The fraction of sp³-hybridized carbons (Fsp3) is 0.900. The lowest BCUT2D eigenvalue weighted by Gasteiger charge is -2.09. The Balaban J connectivity index is 1.52. The van der Waals surface area contributed by atoms with Crippen molar-refractivity contribution in [3.05, 3.63) is 0 Å². The lowest BCUT2D eigenvalue weighted by atomic mass is 10.1. The number of amides is 1. The van der Waals surface area contributed by atoms with Gasteiger partial charge < -0.3 is 15.4 Å². The molecule has 14 heavy (non-hydrogen) atoms. The van der Waals surface area contributed by atoms with Gasteiger partial charge in [0.15, 0.2) is 0 Å². The summed E-state index contributed by atoms with van der Waals surface area (Å²) < 4.78 is 5.16. The number of nitrogens with one attached hydrogen (secondary N) is 2. The summed E-state index contributed by atoms with van der Waals surface area (Å²) in [5, 5.41) is 6.28. The van der Waals surface area contributed by atoms with Gasteiger partial charge in [0.2, 0.25) is 5.91 Å². The third kappa shape index (κ3) is 2.96. The first-order chi connectivity index (χ1) is 6.86. The summed E-state index contributed by atoms with van der Waals surface area (Å²) in [6.07, 6.45) is 3.47. The number of carbonyl (C=O) groups is 1. The van der Waals surface area contributed by atoms with E-state index < -0.39 is 0 Å². The number of hydrogen-bond donors (Lipinski definition) is 2. The van der Waals surface area contributed by atoms with Crippen molar-refractivity contribution in [1.82, 2.24) is 10.6 Å². The maximum absolute atomic E-state index is 11.5. The number of rotatable bonds is 5. The van der Waals surface area contributed by atoms with Gasteiger partial charge in [0, 0.05) is 25.7 Å². The molecule has 2 N–H and O–H groups in total. The highest BCUT2D eigenvalue weighted by Gasteiger charge is 2.23. The Bertz CT molecular complexity index is 198. The third-order valence-corrected chi connectivity index (χ3v) is 2.74. The standard InChI is InChI=1S/C10H18N2O2/c13-10(8-3-6-14-7-8)12-5-4-11-9-1-2-9/h8-9,11H,1-7H2,(H,12,13). The Morgan fingerprint density at radius 3 is 2.79 bits per heavy atom. The first-order valence-electron chi connectivity index (χ1n) is 5.45. The van der Waals surface area contributed by atoms with E-state index in [9.17, 15) is 4.79 Å². The average molecular weight is 198 g/mol. The molecule has 1 aliphatic heterocycles. The highest BCUT2D eigenvalue weighted by atomic mass is 16.5. The Morgan fingerprint density at radius 2 is 2.14 bits per heavy atom. The van der Waals surface area contributed by atoms with Gasteiger partial charge in [-0.15, -0.1) is 0 Å². The molecule has 1 saturated heterocycles. The average Bonchev–Trinajstić information content (AvgIpc) is 2.84. The van der Waals surface area contributed by atoms with Gasteiger partial charge >= 0.3 is 0 Å². The molecule has 0 aromatic carbocycles. The summed E-state index contributed by atoms with van der Waals surface area (Å²) >= 11 is 0. The molecule has 1 saturated carbocycles. The normalized spacial score (nSPS) is 26.4. The molecule has 1 atom stereocenters. The van der Waals surface area contributed by atoms with Crippen LogP contribution in [0.15, 0.2) is 0 Å². The molecule has 1 heterocycles. The lowest BCUT2D eigenvalue weighted by molar-refractivity contribution is -0.124. The van der Waals surface area contributed by atoms with Crippen LogP contribution < -0.4 is 10.6 Å². The van der Waals surface area contributed by atoms with Crippen molar-refractivity contribution in [2.24, 2.45) is 5.92 Å². The zero-order valence-corrected chi connectivity index (χ0v) is 8.42. The summed E-state index contributed by atoms with van der Waals surface area (Å²) in [5.41, 5.74) is 0. The Hall–Kier alpha value is -0.610. The van der Waals surface area contributed by atoms with E-state index in [1.807, 2.05) is 0 Å². The maximum Gasteiger partial charge on any atom is 0.225 e. The van der Waals surface area contributed by atoms with E-state index in [1.54, 1.807) is 0 Å². The lowest BCUT2D eigenvalue weighted by Crippen LogP contribution is -2.36. The van der Waals surface area contributed by atoms with Crippen LogP contribution in [-0.2, 0) is 9.53 Å². The van der Waals surface area contributed by atoms with E-state index in [0.29, 0.717) is 6.61 Å². The highest BCUT2D eigenvalue weighted by molar-refractivity contribution is 5.78. The minimum atomic E-state index is 0.0934. The molecule has 2 aliphatic rings. The van der Waals surface area contributed by atoms with Crippen molar-refractivity contribution in [1.29, 1.82) is 0 Å². The van der Waals surface area contributed by atoms with Gasteiger partial charge in [0.05, 0.1) is 12.5 Å². The van der Waals surface area contributed by atoms with Crippen LogP contribution >= 0.6 is 0 Å². The predicted octanol–water partition coefficient (Wildman–Crippen LogP) is -0.109. The van der Waals surface area contributed by atoms with Crippen molar-refractivity contribution >= 4 is 5.91 Å². The molecule has 0 spiro atoms. The van der Waals surface area contributed by atoms with E-state index in [2.05, 4.69) is 10.6 Å². The molecule has 0 aromatic rings. The van der Waals surface area contributed by atoms with Crippen LogP contribution in [0, 0.1) is 5.92 Å². The smallest absolute Gasteiger partial charge is 0.225 e. The Labute approximate surface area is 84.4 Å². The molecule has 1 amide bonds. The molecule has 2 fully saturated rings. The van der Waals surface area contributed by atoms with Crippen LogP contribution in [0.1, 0.15) is 19.3 Å². The van der Waals surface area contributed by atoms with E-state index in [1.165, 1.54) is 12.8 Å². The third-order valence-electron chi connectivity index (χ3n) is 2.74. The molecule has 80 valence electrons. The molecule has 0 radical (unpaired) electrons. The summed E-state index contributed by atoms with van der Waals surface area (Å²) in [7, 11) is 0. The van der Waals surface area contributed by atoms with Gasteiger partial charge in [0.25, 0.3) is 0 Å². The number of hydrogen-bond acceptors (Lipinski definition) is 3. The summed E-state index contributed by atoms with van der Waals surface area (Å²) in [5.74, 6) is 0.246. The molecule has 1 unspecified atom stereocenters. The minimum Gasteiger partial charge on any atom is -0.381 e. The molecule has 4 nitrogen and oxygen atoms in total. The van der Waals surface area contributed by atoms with E-state index in [4.69, 9.17) is 4.74 Å². The second kappa shape index (κ2) is 4.75. The summed E-state index contributed by atoms with van der Waals surface area (Å²) in [4.78, 5) is 11.5. The molecule has 0 bridgehead atoms. The van der Waals surface area contributed by atoms with Gasteiger partial charge in [-0.2, -0.15) is 0 Å². The molecular formula is C10H18N2O2. The Kier molecular flexibility index (Phi) is 3.37. The highest BCUT2D eigenvalue weighted by Crippen LogP contribution is 2.17.